The second kappa shape index (κ2) is 7.08. The first-order valence-corrected chi connectivity index (χ1v) is 4.19. The van der Waals surface area contributed by atoms with Crippen molar-refractivity contribution in [3.63, 3.8) is 0 Å². The maximum absolute atomic E-state index is 11.1. The quantitative estimate of drug-likeness (QED) is 0.281. The molecule has 0 aliphatic heterocycles. The monoisotopic (exact) mass is 201 g/mol. The van der Waals surface area contributed by atoms with Gasteiger partial charge in [0.05, 0.1) is 13.7 Å². The summed E-state index contributed by atoms with van der Waals surface area (Å²) in [5.74, 6) is -0.575. The lowest BCUT2D eigenvalue weighted by molar-refractivity contribution is -0.162. The van der Waals surface area contributed by atoms with Gasteiger partial charge in [-0.25, -0.2) is 5.06 Å². The van der Waals surface area contributed by atoms with Crippen molar-refractivity contribution in [2.75, 3.05) is 20.8 Å². The normalized spacial score (nSPS) is 10.2. The Labute approximate surface area is 83.2 Å². The molecule has 0 aliphatic carbocycles. The summed E-state index contributed by atoms with van der Waals surface area (Å²) in [6.45, 7) is 1.63. The molecular formula is C9H15NO4. The first-order chi connectivity index (χ1) is 6.57. The Balaban J connectivity index is 3.62. The minimum atomic E-state index is -0.321. The Morgan fingerprint density at radius 1 is 1.43 bits per heavy atom. The van der Waals surface area contributed by atoms with Crippen LogP contribution in [0.2, 0.25) is 0 Å². The zero-order valence-corrected chi connectivity index (χ0v) is 8.65. The van der Waals surface area contributed by atoms with Crippen LogP contribution < -0.4 is 0 Å². The lowest BCUT2D eigenvalue weighted by Gasteiger charge is -2.09. The molecule has 14 heavy (non-hydrogen) atoms. The average molecular weight is 201 g/mol. The van der Waals surface area contributed by atoms with E-state index in [1.54, 1.807) is 6.08 Å². The van der Waals surface area contributed by atoms with Crippen molar-refractivity contribution in [1.82, 2.24) is 5.06 Å². The van der Waals surface area contributed by atoms with Gasteiger partial charge in [0.25, 0.3) is 5.91 Å². The van der Waals surface area contributed by atoms with Gasteiger partial charge in [-0.1, -0.05) is 6.08 Å². The van der Waals surface area contributed by atoms with E-state index in [2.05, 4.69) is 9.57 Å². The van der Waals surface area contributed by atoms with Gasteiger partial charge in [0.2, 0.25) is 0 Å². The number of ether oxygens (including phenoxy) is 1. The Hall–Kier alpha value is -1.36. The number of carbonyl (C=O) groups excluding carboxylic acids is 2. The second-order valence-electron chi connectivity index (χ2n) is 2.55. The van der Waals surface area contributed by atoms with Crippen LogP contribution in [0.4, 0.5) is 0 Å². The summed E-state index contributed by atoms with van der Waals surface area (Å²) in [4.78, 5) is 26.1. The molecule has 0 radical (unpaired) electrons. The Bertz CT molecular complexity index is 225. The van der Waals surface area contributed by atoms with Gasteiger partial charge in [-0.05, 0) is 0 Å². The number of nitrogens with zero attached hydrogens (tertiary/aromatic N) is 1. The molecule has 0 heterocycles. The van der Waals surface area contributed by atoms with E-state index in [9.17, 15) is 9.59 Å². The molecule has 0 N–H and O–H groups in total. The van der Waals surface area contributed by atoms with Gasteiger partial charge in [-0.15, -0.1) is 0 Å². The summed E-state index contributed by atoms with van der Waals surface area (Å²) in [7, 11) is 2.92. The number of esters is 1. The van der Waals surface area contributed by atoms with E-state index in [1.165, 1.54) is 27.2 Å². The molecule has 0 aromatic heterocycles. The fourth-order valence-electron chi connectivity index (χ4n) is 0.650. The van der Waals surface area contributed by atoms with E-state index in [-0.39, 0.29) is 18.5 Å². The van der Waals surface area contributed by atoms with Crippen LogP contribution in [0, 0.1) is 0 Å². The van der Waals surface area contributed by atoms with Gasteiger partial charge in [0.15, 0.2) is 0 Å². The van der Waals surface area contributed by atoms with Gasteiger partial charge in [0.1, 0.15) is 0 Å². The van der Waals surface area contributed by atoms with Crippen LogP contribution in [0.25, 0.3) is 0 Å². The fourth-order valence-corrected chi connectivity index (χ4v) is 0.650. The third-order valence-corrected chi connectivity index (χ3v) is 1.43. The van der Waals surface area contributed by atoms with Crippen LogP contribution in [0.1, 0.15) is 13.3 Å². The second-order valence-corrected chi connectivity index (χ2v) is 2.55. The Morgan fingerprint density at radius 2 is 2.07 bits per heavy atom. The van der Waals surface area contributed by atoms with E-state index in [1.807, 2.05) is 0 Å². The van der Waals surface area contributed by atoms with Gasteiger partial charge in [0, 0.05) is 26.5 Å². The molecule has 0 fully saturated rings. The molecule has 0 aromatic carbocycles. The molecular weight excluding hydrogens is 186 g/mol. The van der Waals surface area contributed by atoms with Crippen molar-refractivity contribution in [3.8, 4) is 0 Å². The van der Waals surface area contributed by atoms with Gasteiger partial charge >= 0.3 is 5.97 Å². The van der Waals surface area contributed by atoms with E-state index >= 15 is 0 Å². The van der Waals surface area contributed by atoms with Crippen LogP contribution in [0.3, 0.4) is 0 Å². The van der Waals surface area contributed by atoms with Crippen molar-refractivity contribution in [3.05, 3.63) is 12.2 Å². The largest absolute Gasteiger partial charge is 0.466 e. The smallest absolute Gasteiger partial charge is 0.302 e. The highest BCUT2D eigenvalue weighted by atomic mass is 16.7. The van der Waals surface area contributed by atoms with Crippen LogP contribution in [-0.4, -0.2) is 37.7 Å². The lowest BCUT2D eigenvalue weighted by Crippen LogP contribution is -2.23. The van der Waals surface area contributed by atoms with E-state index in [0.29, 0.717) is 6.42 Å². The number of rotatable bonds is 5. The third kappa shape index (κ3) is 6.19. The predicted octanol–water partition coefficient (Wildman–Crippen LogP) is 0.516. The number of likely N-dealkylation sites (N-methyl/N-ethyl adjacent to an activating group) is 1. The zero-order chi connectivity index (χ0) is 11.0. The Morgan fingerprint density at radius 3 is 2.57 bits per heavy atom. The summed E-state index contributed by atoms with van der Waals surface area (Å²) >= 11 is 0. The SMILES string of the molecule is CON(C)C(=O)/C=C/CCOC(C)=O. The maximum atomic E-state index is 11.1. The molecule has 1 amide bonds. The third-order valence-electron chi connectivity index (χ3n) is 1.43. The summed E-state index contributed by atoms with van der Waals surface area (Å²) < 4.78 is 4.66. The molecule has 0 saturated heterocycles. The molecule has 5 heteroatoms. The molecule has 0 atom stereocenters. The first kappa shape index (κ1) is 12.6. The average Bonchev–Trinajstić information content (AvgIpc) is 2.15. The standard InChI is InChI=1S/C9H15NO4/c1-8(11)14-7-5-4-6-9(12)10(2)13-3/h4,6H,5,7H2,1-3H3/b6-4+. The molecule has 0 unspecified atom stereocenters. The van der Waals surface area contributed by atoms with Crippen LogP contribution >= 0.6 is 0 Å². The van der Waals surface area contributed by atoms with E-state index in [4.69, 9.17) is 0 Å². The molecule has 0 rings (SSSR count). The van der Waals surface area contributed by atoms with Gasteiger partial charge < -0.3 is 4.74 Å². The van der Waals surface area contributed by atoms with Crippen molar-refractivity contribution in [2.24, 2.45) is 0 Å². The number of hydrogen-bond acceptors (Lipinski definition) is 4. The fraction of sp³-hybridized carbons (Fsp3) is 0.556. The maximum Gasteiger partial charge on any atom is 0.302 e. The number of hydroxylamine groups is 2. The Kier molecular flexibility index (Phi) is 6.39. The predicted molar refractivity (Wildman–Crippen MR) is 50.2 cm³/mol. The first-order valence-electron chi connectivity index (χ1n) is 4.19. The van der Waals surface area contributed by atoms with Crippen LogP contribution in [0.15, 0.2) is 12.2 Å². The summed E-state index contributed by atoms with van der Waals surface area (Å²) in [6.07, 6.45) is 3.51. The van der Waals surface area contributed by atoms with Gasteiger partial charge in [-0.3, -0.25) is 14.4 Å². The molecule has 80 valence electrons. The lowest BCUT2D eigenvalue weighted by atomic mass is 10.4. The minimum Gasteiger partial charge on any atom is -0.466 e. The molecule has 0 aromatic rings. The van der Waals surface area contributed by atoms with Gasteiger partial charge in [-0.2, -0.15) is 0 Å². The molecule has 0 aliphatic rings. The highest BCUT2D eigenvalue weighted by molar-refractivity contribution is 5.86. The highest BCUT2D eigenvalue weighted by Crippen LogP contribution is 1.90. The minimum absolute atomic E-state index is 0.254. The number of amides is 1. The number of carbonyl (C=O) groups is 2. The molecule has 0 bridgehead atoms. The summed E-state index contributed by atoms with van der Waals surface area (Å²) in [6, 6.07) is 0. The number of hydrogen-bond donors (Lipinski definition) is 0. The van der Waals surface area contributed by atoms with Crippen LogP contribution in [-0.2, 0) is 19.2 Å². The molecule has 0 spiro atoms. The molecule has 5 nitrogen and oxygen atoms in total. The highest BCUT2D eigenvalue weighted by Gasteiger charge is 2.00. The van der Waals surface area contributed by atoms with Crippen molar-refractivity contribution >= 4 is 11.9 Å². The zero-order valence-electron chi connectivity index (χ0n) is 8.65. The summed E-state index contributed by atoms with van der Waals surface area (Å²) in [5.41, 5.74) is 0. The van der Waals surface area contributed by atoms with Crippen molar-refractivity contribution in [2.45, 2.75) is 13.3 Å². The van der Waals surface area contributed by atoms with Crippen molar-refractivity contribution in [1.29, 1.82) is 0 Å². The van der Waals surface area contributed by atoms with E-state index in [0.717, 1.165) is 5.06 Å². The van der Waals surface area contributed by atoms with Crippen molar-refractivity contribution < 1.29 is 19.2 Å². The van der Waals surface area contributed by atoms with Crippen LogP contribution in [0.5, 0.6) is 0 Å². The van der Waals surface area contributed by atoms with E-state index < -0.39 is 0 Å². The summed E-state index contributed by atoms with van der Waals surface area (Å²) in [5, 5.41) is 1.10. The topological polar surface area (TPSA) is 55.8 Å². The molecule has 0 saturated carbocycles.